The standard InChI is InChI=1S/C12H18FN3/c1-16(9-11-4-2-3-7-14-11)12-6-5-10(13)8-15-12/h5-6,8,11,14H,2-4,7,9H2,1H3. The summed E-state index contributed by atoms with van der Waals surface area (Å²) in [4.78, 5) is 6.14. The number of nitrogens with one attached hydrogen (secondary N) is 1. The maximum atomic E-state index is 12.7. The second-order valence-electron chi connectivity index (χ2n) is 4.36. The summed E-state index contributed by atoms with van der Waals surface area (Å²) in [5.74, 6) is 0.543. The Morgan fingerprint density at radius 2 is 2.38 bits per heavy atom. The highest BCUT2D eigenvalue weighted by molar-refractivity contribution is 5.36. The normalized spacial score (nSPS) is 20.8. The van der Waals surface area contributed by atoms with Gasteiger partial charge in [-0.25, -0.2) is 9.37 Å². The largest absolute Gasteiger partial charge is 0.358 e. The van der Waals surface area contributed by atoms with Crippen LogP contribution in [0.2, 0.25) is 0 Å². The fraction of sp³-hybridized carbons (Fsp3) is 0.583. The Hall–Kier alpha value is -1.16. The van der Waals surface area contributed by atoms with Crippen molar-refractivity contribution < 1.29 is 4.39 Å². The van der Waals surface area contributed by atoms with E-state index in [4.69, 9.17) is 0 Å². The summed E-state index contributed by atoms with van der Waals surface area (Å²) in [6.07, 6.45) is 5.04. The maximum absolute atomic E-state index is 12.7. The maximum Gasteiger partial charge on any atom is 0.141 e. The summed E-state index contributed by atoms with van der Waals surface area (Å²) >= 11 is 0. The fourth-order valence-corrected chi connectivity index (χ4v) is 2.10. The third-order valence-corrected chi connectivity index (χ3v) is 3.01. The van der Waals surface area contributed by atoms with Gasteiger partial charge in [-0.2, -0.15) is 0 Å². The molecule has 0 bridgehead atoms. The molecule has 2 heterocycles. The molecule has 1 N–H and O–H groups in total. The van der Waals surface area contributed by atoms with Gasteiger partial charge in [0.2, 0.25) is 0 Å². The smallest absolute Gasteiger partial charge is 0.141 e. The quantitative estimate of drug-likeness (QED) is 0.847. The average Bonchev–Trinajstić information content (AvgIpc) is 2.31. The zero-order valence-electron chi connectivity index (χ0n) is 9.62. The van der Waals surface area contributed by atoms with Crippen LogP contribution in [0, 0.1) is 5.82 Å². The Kier molecular flexibility index (Phi) is 3.72. The van der Waals surface area contributed by atoms with Crippen LogP contribution in [-0.2, 0) is 0 Å². The summed E-state index contributed by atoms with van der Waals surface area (Å²) in [5.41, 5.74) is 0. The SMILES string of the molecule is CN(CC1CCCCN1)c1ccc(F)cn1. The number of piperidine rings is 1. The Morgan fingerprint density at radius 1 is 1.50 bits per heavy atom. The van der Waals surface area contributed by atoms with Crippen molar-refractivity contribution in [3.63, 3.8) is 0 Å². The molecule has 1 unspecified atom stereocenters. The van der Waals surface area contributed by atoms with Crippen molar-refractivity contribution in [1.82, 2.24) is 10.3 Å². The first-order valence-corrected chi connectivity index (χ1v) is 5.82. The minimum atomic E-state index is -0.284. The molecule has 0 amide bonds. The van der Waals surface area contributed by atoms with E-state index in [1.165, 1.54) is 31.5 Å². The minimum Gasteiger partial charge on any atom is -0.358 e. The van der Waals surface area contributed by atoms with Gasteiger partial charge in [-0.3, -0.25) is 0 Å². The second kappa shape index (κ2) is 5.25. The molecule has 1 saturated heterocycles. The minimum absolute atomic E-state index is 0.284. The fourth-order valence-electron chi connectivity index (χ4n) is 2.10. The number of halogens is 1. The van der Waals surface area contributed by atoms with Crippen molar-refractivity contribution >= 4 is 5.82 Å². The number of anilines is 1. The predicted molar refractivity (Wildman–Crippen MR) is 63.1 cm³/mol. The average molecular weight is 223 g/mol. The van der Waals surface area contributed by atoms with Crippen LogP contribution in [0.25, 0.3) is 0 Å². The molecule has 3 nitrogen and oxygen atoms in total. The van der Waals surface area contributed by atoms with Gasteiger partial charge in [0.25, 0.3) is 0 Å². The van der Waals surface area contributed by atoms with E-state index in [9.17, 15) is 4.39 Å². The molecule has 1 aliphatic heterocycles. The van der Waals surface area contributed by atoms with E-state index in [0.29, 0.717) is 6.04 Å². The van der Waals surface area contributed by atoms with E-state index >= 15 is 0 Å². The second-order valence-corrected chi connectivity index (χ2v) is 4.36. The van der Waals surface area contributed by atoms with Crippen molar-refractivity contribution in [2.75, 3.05) is 25.0 Å². The van der Waals surface area contributed by atoms with Crippen LogP contribution < -0.4 is 10.2 Å². The molecule has 0 radical (unpaired) electrons. The molecule has 1 aromatic rings. The van der Waals surface area contributed by atoms with Crippen LogP contribution in [0.1, 0.15) is 19.3 Å². The summed E-state index contributed by atoms with van der Waals surface area (Å²) in [6, 6.07) is 3.70. The van der Waals surface area contributed by atoms with Crippen LogP contribution in [0.15, 0.2) is 18.3 Å². The molecule has 2 rings (SSSR count). The lowest BCUT2D eigenvalue weighted by Gasteiger charge is -2.28. The van der Waals surface area contributed by atoms with Gasteiger partial charge in [-0.1, -0.05) is 6.42 Å². The van der Waals surface area contributed by atoms with E-state index in [2.05, 4.69) is 15.2 Å². The first kappa shape index (κ1) is 11.3. The van der Waals surface area contributed by atoms with Gasteiger partial charge in [-0.15, -0.1) is 0 Å². The molecule has 88 valence electrons. The van der Waals surface area contributed by atoms with E-state index < -0.39 is 0 Å². The highest BCUT2D eigenvalue weighted by atomic mass is 19.1. The van der Waals surface area contributed by atoms with E-state index in [0.717, 1.165) is 18.9 Å². The Balaban J connectivity index is 1.91. The lowest BCUT2D eigenvalue weighted by Crippen LogP contribution is -2.42. The highest BCUT2D eigenvalue weighted by Gasteiger charge is 2.15. The molecule has 16 heavy (non-hydrogen) atoms. The van der Waals surface area contributed by atoms with Crippen molar-refractivity contribution in [1.29, 1.82) is 0 Å². The third-order valence-electron chi connectivity index (χ3n) is 3.01. The van der Waals surface area contributed by atoms with Crippen molar-refractivity contribution in [2.24, 2.45) is 0 Å². The van der Waals surface area contributed by atoms with Crippen molar-refractivity contribution in [3.8, 4) is 0 Å². The van der Waals surface area contributed by atoms with Gasteiger partial charge in [0.1, 0.15) is 11.6 Å². The number of hydrogen-bond donors (Lipinski definition) is 1. The Bertz CT molecular complexity index is 320. The van der Waals surface area contributed by atoms with Crippen LogP contribution in [0.5, 0.6) is 0 Å². The lowest BCUT2D eigenvalue weighted by molar-refractivity contribution is 0.403. The summed E-state index contributed by atoms with van der Waals surface area (Å²) < 4.78 is 12.7. The topological polar surface area (TPSA) is 28.2 Å². The number of rotatable bonds is 3. The zero-order chi connectivity index (χ0) is 11.4. The van der Waals surface area contributed by atoms with Gasteiger partial charge >= 0.3 is 0 Å². The third kappa shape index (κ3) is 2.92. The molecule has 0 saturated carbocycles. The predicted octanol–water partition coefficient (Wildman–Crippen LogP) is 1.80. The molecule has 1 aliphatic rings. The molecular weight excluding hydrogens is 205 g/mol. The molecule has 1 aromatic heterocycles. The zero-order valence-corrected chi connectivity index (χ0v) is 9.62. The summed E-state index contributed by atoms with van der Waals surface area (Å²) in [7, 11) is 2.00. The Morgan fingerprint density at radius 3 is 3.00 bits per heavy atom. The van der Waals surface area contributed by atoms with Crippen molar-refractivity contribution in [3.05, 3.63) is 24.1 Å². The first-order chi connectivity index (χ1) is 7.75. The number of aromatic nitrogens is 1. The van der Waals surface area contributed by atoms with Gasteiger partial charge in [0.15, 0.2) is 0 Å². The molecular formula is C12H18FN3. The van der Waals surface area contributed by atoms with Crippen LogP contribution in [0.4, 0.5) is 10.2 Å². The molecule has 0 aliphatic carbocycles. The molecule has 1 fully saturated rings. The van der Waals surface area contributed by atoms with Crippen LogP contribution in [0.3, 0.4) is 0 Å². The summed E-state index contributed by atoms with van der Waals surface area (Å²) in [6.45, 7) is 2.04. The van der Waals surface area contributed by atoms with E-state index in [-0.39, 0.29) is 5.82 Å². The summed E-state index contributed by atoms with van der Waals surface area (Å²) in [5, 5.41) is 3.49. The van der Waals surface area contributed by atoms with Crippen LogP contribution >= 0.6 is 0 Å². The van der Waals surface area contributed by atoms with Crippen LogP contribution in [-0.4, -0.2) is 31.2 Å². The number of hydrogen-bond acceptors (Lipinski definition) is 3. The number of nitrogens with zero attached hydrogens (tertiary/aromatic N) is 2. The molecule has 0 spiro atoms. The van der Waals surface area contributed by atoms with Gasteiger partial charge in [-0.05, 0) is 31.5 Å². The van der Waals surface area contributed by atoms with Gasteiger partial charge in [0.05, 0.1) is 6.20 Å². The van der Waals surface area contributed by atoms with Crippen molar-refractivity contribution in [2.45, 2.75) is 25.3 Å². The van der Waals surface area contributed by atoms with E-state index in [1.54, 1.807) is 6.07 Å². The molecule has 0 aromatic carbocycles. The first-order valence-electron chi connectivity index (χ1n) is 5.82. The lowest BCUT2D eigenvalue weighted by atomic mass is 10.0. The van der Waals surface area contributed by atoms with E-state index in [1.807, 2.05) is 7.05 Å². The molecule has 1 atom stereocenters. The highest BCUT2D eigenvalue weighted by Crippen LogP contribution is 2.13. The number of likely N-dealkylation sites (N-methyl/N-ethyl adjacent to an activating group) is 1. The van der Waals surface area contributed by atoms with Gasteiger partial charge < -0.3 is 10.2 Å². The van der Waals surface area contributed by atoms with Gasteiger partial charge in [0, 0.05) is 19.6 Å². The number of pyridine rings is 1. The Labute approximate surface area is 95.7 Å². The molecule has 4 heteroatoms. The monoisotopic (exact) mass is 223 g/mol.